The molecule has 2 rings (SSSR count). The van der Waals surface area contributed by atoms with Crippen molar-refractivity contribution >= 4 is 22.7 Å². The van der Waals surface area contributed by atoms with Crippen molar-refractivity contribution in [2.24, 2.45) is 0 Å². The van der Waals surface area contributed by atoms with E-state index in [1.807, 2.05) is 31.2 Å². The molecule has 3 nitrogen and oxygen atoms in total. The average Bonchev–Trinajstić information content (AvgIpc) is 2.29. The highest BCUT2D eigenvalue weighted by Crippen LogP contribution is 2.25. The molecule has 0 bridgehead atoms. The molecular weight excluding hydrogens is 220 g/mol. The fourth-order valence-corrected chi connectivity index (χ4v) is 2.49. The van der Waals surface area contributed by atoms with E-state index in [-0.39, 0.29) is 6.61 Å². The largest absolute Gasteiger partial charge is 0.396 e. The van der Waals surface area contributed by atoms with Crippen molar-refractivity contribution in [3.05, 3.63) is 30.1 Å². The molecule has 0 aliphatic heterocycles. The van der Waals surface area contributed by atoms with Gasteiger partial charge in [0.25, 0.3) is 0 Å². The number of benzene rings is 1. The van der Waals surface area contributed by atoms with Gasteiger partial charge in [0.05, 0.1) is 5.52 Å². The predicted molar refractivity (Wildman–Crippen MR) is 66.7 cm³/mol. The number of thioether (sulfide) groups is 1. The van der Waals surface area contributed by atoms with E-state index >= 15 is 0 Å². The highest BCUT2D eigenvalue weighted by molar-refractivity contribution is 7.99. The summed E-state index contributed by atoms with van der Waals surface area (Å²) in [7, 11) is 0. The number of aromatic nitrogens is 2. The van der Waals surface area contributed by atoms with Crippen LogP contribution in [0.5, 0.6) is 0 Å². The van der Waals surface area contributed by atoms with E-state index in [0.717, 1.165) is 33.9 Å². The SMILES string of the molecule is Cc1nc(SCCCO)c2ccccc2n1. The molecule has 1 aromatic carbocycles. The molecular formula is C12H14N2OS. The second-order valence-electron chi connectivity index (χ2n) is 3.52. The first-order valence-electron chi connectivity index (χ1n) is 5.28. The van der Waals surface area contributed by atoms with Crippen LogP contribution in [0.15, 0.2) is 29.3 Å². The normalized spacial score (nSPS) is 10.9. The third kappa shape index (κ3) is 2.51. The minimum Gasteiger partial charge on any atom is -0.396 e. The van der Waals surface area contributed by atoms with Gasteiger partial charge in [-0.25, -0.2) is 9.97 Å². The number of aryl methyl sites for hydroxylation is 1. The molecule has 0 aliphatic carbocycles. The van der Waals surface area contributed by atoms with Gasteiger partial charge < -0.3 is 5.11 Å². The summed E-state index contributed by atoms with van der Waals surface area (Å²) in [5.74, 6) is 1.68. The first kappa shape index (κ1) is 11.4. The van der Waals surface area contributed by atoms with Crippen molar-refractivity contribution in [1.82, 2.24) is 9.97 Å². The Hall–Kier alpha value is -1.13. The number of para-hydroxylation sites is 1. The summed E-state index contributed by atoms with van der Waals surface area (Å²) in [5, 5.41) is 10.9. The molecule has 0 saturated heterocycles. The highest BCUT2D eigenvalue weighted by atomic mass is 32.2. The molecule has 0 unspecified atom stereocenters. The van der Waals surface area contributed by atoms with Crippen molar-refractivity contribution in [3.63, 3.8) is 0 Å². The van der Waals surface area contributed by atoms with Gasteiger partial charge in [-0.2, -0.15) is 0 Å². The van der Waals surface area contributed by atoms with Gasteiger partial charge in [-0.05, 0) is 19.4 Å². The number of aliphatic hydroxyl groups excluding tert-OH is 1. The summed E-state index contributed by atoms with van der Waals surface area (Å²) >= 11 is 1.68. The van der Waals surface area contributed by atoms with Crippen molar-refractivity contribution < 1.29 is 5.11 Å². The number of hydrogen-bond donors (Lipinski definition) is 1. The molecule has 84 valence electrons. The third-order valence-electron chi connectivity index (χ3n) is 2.22. The average molecular weight is 234 g/mol. The Kier molecular flexibility index (Phi) is 3.74. The van der Waals surface area contributed by atoms with E-state index in [9.17, 15) is 0 Å². The quantitative estimate of drug-likeness (QED) is 0.501. The monoisotopic (exact) mass is 234 g/mol. The fraction of sp³-hybridized carbons (Fsp3) is 0.333. The summed E-state index contributed by atoms with van der Waals surface area (Å²) in [6, 6.07) is 8.02. The molecule has 0 amide bonds. The Morgan fingerprint density at radius 3 is 2.88 bits per heavy atom. The minimum atomic E-state index is 0.231. The first-order chi connectivity index (χ1) is 7.81. The summed E-state index contributed by atoms with van der Waals surface area (Å²) in [6.45, 7) is 2.14. The molecule has 0 spiro atoms. The Balaban J connectivity index is 2.34. The van der Waals surface area contributed by atoms with E-state index in [4.69, 9.17) is 5.11 Å². The lowest BCUT2D eigenvalue weighted by Gasteiger charge is -2.05. The predicted octanol–water partition coefficient (Wildman–Crippen LogP) is 2.41. The van der Waals surface area contributed by atoms with Gasteiger partial charge in [-0.3, -0.25) is 0 Å². The molecule has 1 heterocycles. The lowest BCUT2D eigenvalue weighted by molar-refractivity contribution is 0.296. The maximum atomic E-state index is 8.77. The van der Waals surface area contributed by atoms with Gasteiger partial charge in [-0.15, -0.1) is 11.8 Å². The Bertz CT molecular complexity index is 487. The first-order valence-corrected chi connectivity index (χ1v) is 6.27. The highest BCUT2D eigenvalue weighted by Gasteiger charge is 2.05. The van der Waals surface area contributed by atoms with Crippen LogP contribution in [-0.2, 0) is 0 Å². The number of aliphatic hydroxyl groups is 1. The number of nitrogens with zero attached hydrogens (tertiary/aromatic N) is 2. The summed E-state index contributed by atoms with van der Waals surface area (Å²) in [6.07, 6.45) is 0.794. The molecule has 1 N–H and O–H groups in total. The number of fused-ring (bicyclic) bond motifs is 1. The van der Waals surface area contributed by atoms with Crippen LogP contribution in [0.3, 0.4) is 0 Å². The van der Waals surface area contributed by atoms with Crippen molar-refractivity contribution in [3.8, 4) is 0 Å². The van der Waals surface area contributed by atoms with Gasteiger partial charge in [-0.1, -0.05) is 18.2 Å². The fourth-order valence-electron chi connectivity index (χ4n) is 1.50. The second-order valence-corrected chi connectivity index (χ2v) is 4.60. The van der Waals surface area contributed by atoms with E-state index in [1.165, 1.54) is 0 Å². The molecule has 16 heavy (non-hydrogen) atoms. The van der Waals surface area contributed by atoms with Crippen LogP contribution in [0.25, 0.3) is 10.9 Å². The molecule has 2 aromatic rings. The smallest absolute Gasteiger partial charge is 0.127 e. The van der Waals surface area contributed by atoms with E-state index < -0.39 is 0 Å². The Morgan fingerprint density at radius 2 is 2.06 bits per heavy atom. The van der Waals surface area contributed by atoms with Gasteiger partial charge in [0.1, 0.15) is 10.9 Å². The maximum absolute atomic E-state index is 8.77. The van der Waals surface area contributed by atoms with Crippen molar-refractivity contribution in [2.45, 2.75) is 18.4 Å². The zero-order valence-electron chi connectivity index (χ0n) is 9.18. The van der Waals surface area contributed by atoms with Gasteiger partial charge in [0.15, 0.2) is 0 Å². The Morgan fingerprint density at radius 1 is 1.25 bits per heavy atom. The zero-order chi connectivity index (χ0) is 11.4. The summed E-state index contributed by atoms with van der Waals surface area (Å²) in [5.41, 5.74) is 0.987. The molecule has 0 saturated carbocycles. The minimum absolute atomic E-state index is 0.231. The van der Waals surface area contributed by atoms with Gasteiger partial charge >= 0.3 is 0 Å². The molecule has 0 radical (unpaired) electrons. The van der Waals surface area contributed by atoms with Gasteiger partial charge in [0, 0.05) is 17.7 Å². The maximum Gasteiger partial charge on any atom is 0.127 e. The third-order valence-corrected chi connectivity index (χ3v) is 3.30. The molecule has 0 fully saturated rings. The van der Waals surface area contributed by atoms with E-state index in [0.29, 0.717) is 0 Å². The van der Waals surface area contributed by atoms with Crippen molar-refractivity contribution in [1.29, 1.82) is 0 Å². The van der Waals surface area contributed by atoms with Crippen LogP contribution in [0.2, 0.25) is 0 Å². The van der Waals surface area contributed by atoms with Crippen molar-refractivity contribution in [2.75, 3.05) is 12.4 Å². The molecule has 4 heteroatoms. The van der Waals surface area contributed by atoms with Crippen LogP contribution in [0.4, 0.5) is 0 Å². The van der Waals surface area contributed by atoms with Crippen LogP contribution < -0.4 is 0 Å². The van der Waals surface area contributed by atoms with Gasteiger partial charge in [0.2, 0.25) is 0 Å². The van der Waals surface area contributed by atoms with E-state index in [2.05, 4.69) is 9.97 Å². The zero-order valence-corrected chi connectivity index (χ0v) is 10.00. The van der Waals surface area contributed by atoms with Crippen LogP contribution in [0, 0.1) is 6.92 Å². The Labute approximate surface area is 98.9 Å². The number of hydrogen-bond acceptors (Lipinski definition) is 4. The standard InChI is InChI=1S/C12H14N2OS/c1-9-13-11-6-3-2-5-10(11)12(14-9)16-8-4-7-15/h2-3,5-6,15H,4,7-8H2,1H3. The van der Waals surface area contributed by atoms with Crippen LogP contribution in [-0.4, -0.2) is 27.4 Å². The van der Waals surface area contributed by atoms with E-state index in [1.54, 1.807) is 11.8 Å². The molecule has 1 aromatic heterocycles. The molecule has 0 atom stereocenters. The topological polar surface area (TPSA) is 46.0 Å². The lowest BCUT2D eigenvalue weighted by Crippen LogP contribution is -1.94. The summed E-state index contributed by atoms with van der Waals surface area (Å²) in [4.78, 5) is 8.83. The van der Waals surface area contributed by atoms with Crippen LogP contribution in [0.1, 0.15) is 12.2 Å². The number of rotatable bonds is 4. The second kappa shape index (κ2) is 5.27. The van der Waals surface area contributed by atoms with Crippen LogP contribution >= 0.6 is 11.8 Å². The summed E-state index contributed by atoms with van der Waals surface area (Å²) < 4.78 is 0. The molecule has 0 aliphatic rings. The lowest BCUT2D eigenvalue weighted by atomic mass is 10.2.